The third-order valence-corrected chi connectivity index (χ3v) is 7.72. The first-order valence-electron chi connectivity index (χ1n) is 11.9. The van der Waals surface area contributed by atoms with Gasteiger partial charge in [-0.25, -0.2) is 4.39 Å². The minimum Gasteiger partial charge on any atom is -0.490 e. The molecule has 1 N–H and O–H groups in total. The zero-order valence-corrected chi connectivity index (χ0v) is 21.8. The second-order valence-corrected chi connectivity index (χ2v) is 9.98. The lowest BCUT2D eigenvalue weighted by molar-refractivity contribution is -0.534. The summed E-state index contributed by atoms with van der Waals surface area (Å²) in [6.07, 6.45) is 0. The van der Waals surface area contributed by atoms with E-state index in [4.69, 9.17) is 9.47 Å². The highest BCUT2D eigenvalue weighted by Crippen LogP contribution is 2.53. The number of carbonyl (C=O) groups is 1. The molecular formula is C27H25BrFN3O5. The number of nitrogens with zero attached hydrogens (tertiary/aromatic N) is 2. The number of rotatable bonds is 7. The maximum Gasteiger partial charge on any atom is 0.256 e. The van der Waals surface area contributed by atoms with Crippen molar-refractivity contribution in [3.8, 4) is 11.5 Å². The number of likely N-dealkylation sites (N-methyl/N-ethyl adjacent to an activating group) is 1. The summed E-state index contributed by atoms with van der Waals surface area (Å²) in [7, 11) is 1.74. The van der Waals surface area contributed by atoms with Crippen LogP contribution in [0.2, 0.25) is 0 Å². The molecule has 10 heteroatoms. The van der Waals surface area contributed by atoms with Gasteiger partial charge in [-0.1, -0.05) is 36.4 Å². The van der Waals surface area contributed by atoms with Crippen molar-refractivity contribution < 1.29 is 23.6 Å². The molecule has 2 aliphatic heterocycles. The lowest BCUT2D eigenvalue weighted by Crippen LogP contribution is -2.54. The van der Waals surface area contributed by atoms with Gasteiger partial charge in [0.1, 0.15) is 12.4 Å². The quantitative estimate of drug-likeness (QED) is 0.314. The van der Waals surface area contributed by atoms with Crippen molar-refractivity contribution >= 4 is 27.5 Å². The number of nitro groups is 1. The number of ether oxygens (including phenoxy) is 2. The van der Waals surface area contributed by atoms with Gasteiger partial charge >= 0.3 is 0 Å². The summed E-state index contributed by atoms with van der Waals surface area (Å²) in [4.78, 5) is 27.4. The molecule has 8 nitrogen and oxygen atoms in total. The van der Waals surface area contributed by atoms with Crippen LogP contribution in [0.1, 0.15) is 29.5 Å². The van der Waals surface area contributed by atoms with E-state index in [-0.39, 0.29) is 23.9 Å². The Morgan fingerprint density at radius 1 is 1.19 bits per heavy atom. The van der Waals surface area contributed by atoms with E-state index >= 15 is 0 Å². The van der Waals surface area contributed by atoms with E-state index in [0.717, 1.165) is 0 Å². The van der Waals surface area contributed by atoms with E-state index in [1.54, 1.807) is 66.5 Å². The van der Waals surface area contributed by atoms with E-state index in [2.05, 4.69) is 21.2 Å². The van der Waals surface area contributed by atoms with Crippen LogP contribution in [0.3, 0.4) is 0 Å². The van der Waals surface area contributed by atoms with E-state index in [1.165, 1.54) is 6.07 Å². The van der Waals surface area contributed by atoms with Gasteiger partial charge in [0.2, 0.25) is 0 Å². The Hall–Kier alpha value is -3.50. The number of para-hydroxylation sites is 1. The van der Waals surface area contributed by atoms with Gasteiger partial charge in [-0.2, -0.15) is 0 Å². The molecule has 1 amide bonds. The molecule has 0 radical (unpaired) electrons. The highest BCUT2D eigenvalue weighted by Gasteiger charge is 2.68. The predicted octanol–water partition coefficient (Wildman–Crippen LogP) is 5.09. The van der Waals surface area contributed by atoms with Gasteiger partial charge in [-0.3, -0.25) is 19.8 Å². The number of amides is 1. The second-order valence-electron chi connectivity index (χ2n) is 9.13. The highest BCUT2D eigenvalue weighted by molar-refractivity contribution is 9.10. The fourth-order valence-electron chi connectivity index (χ4n) is 5.55. The van der Waals surface area contributed by atoms with E-state index < -0.39 is 23.4 Å². The zero-order chi connectivity index (χ0) is 26.3. The molecule has 0 unspecified atom stereocenters. The van der Waals surface area contributed by atoms with Gasteiger partial charge in [0.15, 0.2) is 17.0 Å². The van der Waals surface area contributed by atoms with Crippen molar-refractivity contribution in [1.82, 2.24) is 4.90 Å². The fraction of sp³-hybridized carbons (Fsp3) is 0.296. The third kappa shape index (κ3) is 4.04. The third-order valence-electron chi connectivity index (χ3n) is 7.13. The molecule has 192 valence electrons. The van der Waals surface area contributed by atoms with Crippen LogP contribution >= 0.6 is 15.9 Å². The van der Waals surface area contributed by atoms with E-state index in [1.807, 2.05) is 6.92 Å². The Bertz CT molecular complexity index is 1390. The molecule has 0 bridgehead atoms. The van der Waals surface area contributed by atoms with E-state index in [0.29, 0.717) is 45.0 Å². The summed E-state index contributed by atoms with van der Waals surface area (Å²) < 4.78 is 26.4. The maximum absolute atomic E-state index is 14.1. The van der Waals surface area contributed by atoms with Gasteiger partial charge in [-0.05, 0) is 59.7 Å². The molecule has 0 saturated carbocycles. The van der Waals surface area contributed by atoms with Crippen molar-refractivity contribution in [3.05, 3.63) is 97.8 Å². The number of fused-ring (bicyclic) bond motifs is 2. The average Bonchev–Trinajstić information content (AvgIpc) is 3.34. The number of nitrogens with one attached hydrogen (secondary N) is 1. The summed E-state index contributed by atoms with van der Waals surface area (Å²) in [6.45, 7) is 2.41. The number of benzene rings is 3. The van der Waals surface area contributed by atoms with Gasteiger partial charge in [0.25, 0.3) is 11.9 Å². The first kappa shape index (κ1) is 25.2. The SMILES string of the molecule is CCOc1cc([C@@H]2CN(C)[C@]3(C(=O)Nc4ccccc43)[C@H]2[N+](=O)[O-])cc(Br)c1OCc1ccccc1F. The van der Waals surface area contributed by atoms with Crippen LogP contribution < -0.4 is 14.8 Å². The molecule has 3 atom stereocenters. The van der Waals surface area contributed by atoms with Crippen LogP contribution in [0, 0.1) is 15.9 Å². The molecule has 37 heavy (non-hydrogen) atoms. The molecule has 1 spiro atoms. The molecule has 2 aliphatic rings. The largest absolute Gasteiger partial charge is 0.490 e. The molecule has 2 heterocycles. The lowest BCUT2D eigenvalue weighted by Gasteiger charge is -2.30. The number of halogens is 2. The number of hydrogen-bond donors (Lipinski definition) is 1. The molecule has 0 aromatic heterocycles. The van der Waals surface area contributed by atoms with Crippen molar-refractivity contribution in [2.75, 3.05) is 25.5 Å². The number of hydrogen-bond acceptors (Lipinski definition) is 6. The topological polar surface area (TPSA) is 93.9 Å². The van der Waals surface area contributed by atoms with Crippen LogP contribution in [0.15, 0.2) is 65.1 Å². The van der Waals surface area contributed by atoms with E-state index in [9.17, 15) is 19.3 Å². The monoisotopic (exact) mass is 569 g/mol. The van der Waals surface area contributed by atoms with Crippen LogP contribution in [0.25, 0.3) is 0 Å². The highest BCUT2D eigenvalue weighted by atomic mass is 79.9. The van der Waals surface area contributed by atoms with Crippen LogP contribution in [-0.2, 0) is 16.9 Å². The minimum atomic E-state index is -1.44. The molecule has 3 aromatic carbocycles. The Labute approximate surface area is 221 Å². The normalized spacial score (nSPS) is 22.6. The Morgan fingerprint density at radius 3 is 2.65 bits per heavy atom. The summed E-state index contributed by atoms with van der Waals surface area (Å²) in [5.74, 6) is -0.652. The van der Waals surface area contributed by atoms with Crippen LogP contribution in [-0.4, -0.2) is 42.0 Å². The fourth-order valence-corrected chi connectivity index (χ4v) is 6.12. The van der Waals surface area contributed by atoms with Gasteiger partial charge in [0.05, 0.1) is 17.0 Å². The lowest BCUT2D eigenvalue weighted by atomic mass is 9.79. The first-order valence-corrected chi connectivity index (χ1v) is 12.7. The maximum atomic E-state index is 14.1. The smallest absolute Gasteiger partial charge is 0.256 e. The molecule has 5 rings (SSSR count). The zero-order valence-electron chi connectivity index (χ0n) is 20.2. The van der Waals surface area contributed by atoms with Crippen LogP contribution in [0.5, 0.6) is 11.5 Å². The first-order chi connectivity index (χ1) is 17.8. The molecule has 1 saturated heterocycles. The number of likely N-dealkylation sites (tertiary alicyclic amines) is 1. The second kappa shape index (κ2) is 9.75. The standard InChI is InChI=1S/C27H25BrFN3O5/c1-3-36-23-13-17(12-20(28)24(23)37-15-16-8-4-6-10-21(16)29)18-14-31(2)27(25(18)32(34)35)19-9-5-7-11-22(19)30-26(27)33/h4-13,18,25H,3,14-15H2,1-2H3,(H,30,33)/t18-,25-,27-/m0/s1. The summed E-state index contributed by atoms with van der Waals surface area (Å²) >= 11 is 3.53. The average molecular weight is 570 g/mol. The number of carbonyl (C=O) groups excluding carboxylic acids is 1. The molecule has 3 aromatic rings. The predicted molar refractivity (Wildman–Crippen MR) is 139 cm³/mol. The Kier molecular flexibility index (Phi) is 6.63. The number of anilines is 1. The summed E-state index contributed by atoms with van der Waals surface area (Å²) in [6, 6.07) is 15.7. The summed E-state index contributed by atoms with van der Waals surface area (Å²) in [5.41, 5.74) is 0.764. The van der Waals surface area contributed by atoms with Crippen molar-refractivity contribution in [2.45, 2.75) is 31.0 Å². The van der Waals surface area contributed by atoms with Crippen molar-refractivity contribution in [3.63, 3.8) is 0 Å². The van der Waals surface area contributed by atoms with Crippen molar-refractivity contribution in [1.29, 1.82) is 0 Å². The molecular weight excluding hydrogens is 545 g/mol. The molecule has 0 aliphatic carbocycles. The van der Waals surface area contributed by atoms with Gasteiger partial charge in [-0.15, -0.1) is 0 Å². The van der Waals surface area contributed by atoms with Gasteiger partial charge in [0, 0.05) is 28.3 Å². The minimum absolute atomic E-state index is 0.0194. The van der Waals surface area contributed by atoms with Gasteiger partial charge < -0.3 is 14.8 Å². The Balaban J connectivity index is 1.55. The van der Waals surface area contributed by atoms with Crippen molar-refractivity contribution in [2.24, 2.45) is 0 Å². The molecule has 1 fully saturated rings. The Morgan fingerprint density at radius 2 is 1.92 bits per heavy atom. The van der Waals surface area contributed by atoms with Crippen LogP contribution in [0.4, 0.5) is 10.1 Å². The summed E-state index contributed by atoms with van der Waals surface area (Å²) in [5, 5.41) is 15.4.